The monoisotopic (exact) mass is 527 g/mol. The lowest BCUT2D eigenvalue weighted by Gasteiger charge is -2.38. The number of methoxy groups -OCH3 is 1. The summed E-state index contributed by atoms with van der Waals surface area (Å²) in [5.74, 6) is -3.67. The van der Waals surface area contributed by atoms with Crippen LogP contribution < -0.4 is 14.8 Å². The van der Waals surface area contributed by atoms with Crippen LogP contribution in [0.5, 0.6) is 11.6 Å². The topological polar surface area (TPSA) is 167 Å². The Labute approximate surface area is 215 Å². The van der Waals surface area contributed by atoms with Crippen molar-refractivity contribution in [3.05, 3.63) is 48.4 Å². The van der Waals surface area contributed by atoms with Crippen molar-refractivity contribution in [1.82, 2.24) is 24.8 Å². The van der Waals surface area contributed by atoms with Crippen LogP contribution in [0.1, 0.15) is 12.0 Å². The molecule has 1 aliphatic rings. The van der Waals surface area contributed by atoms with Gasteiger partial charge in [-0.2, -0.15) is 10.2 Å². The molecular formula is C24H23F2N7O5. The van der Waals surface area contributed by atoms with Gasteiger partial charge >= 0.3 is 5.92 Å². The Balaban J connectivity index is 1.50. The zero-order chi connectivity index (χ0) is 27.3. The first-order valence-electron chi connectivity index (χ1n) is 11.4. The number of piperidine rings is 1. The van der Waals surface area contributed by atoms with Gasteiger partial charge in [-0.1, -0.05) is 0 Å². The minimum atomic E-state index is -3.46. The van der Waals surface area contributed by atoms with E-state index in [1.165, 1.54) is 31.6 Å². The molecule has 0 radical (unpaired) electrons. The van der Waals surface area contributed by atoms with Gasteiger partial charge in [0.2, 0.25) is 11.8 Å². The average Bonchev–Trinajstić information content (AvgIpc) is 2.93. The number of hydrogen-bond acceptors (Lipinski definition) is 11. The van der Waals surface area contributed by atoms with E-state index >= 15 is 0 Å². The Hall–Kier alpha value is -4.48. The highest BCUT2D eigenvalue weighted by Crippen LogP contribution is 2.34. The van der Waals surface area contributed by atoms with Crippen molar-refractivity contribution in [3.8, 4) is 29.1 Å². The largest absolute Gasteiger partial charge is 0.483 e. The predicted octanol–water partition coefficient (Wildman–Crippen LogP) is 1.53. The number of anilines is 2. The number of rotatable bonds is 8. The van der Waals surface area contributed by atoms with Gasteiger partial charge in [-0.15, -0.1) is 0 Å². The number of alkyl halides is 2. The van der Waals surface area contributed by atoms with Gasteiger partial charge in [0, 0.05) is 36.5 Å². The van der Waals surface area contributed by atoms with Crippen LogP contribution in [0.4, 0.5) is 20.4 Å². The van der Waals surface area contributed by atoms with Gasteiger partial charge < -0.3 is 29.9 Å². The van der Waals surface area contributed by atoms with E-state index in [-0.39, 0.29) is 36.1 Å². The highest BCUT2D eigenvalue weighted by molar-refractivity contribution is 5.81. The fourth-order valence-corrected chi connectivity index (χ4v) is 3.78. The summed E-state index contributed by atoms with van der Waals surface area (Å²) in [4.78, 5) is 29.3. The number of nitrogens with zero attached hydrogens (tertiary/aromatic N) is 6. The fraction of sp³-hybridized carbons (Fsp3) is 0.333. The van der Waals surface area contributed by atoms with E-state index in [9.17, 15) is 23.9 Å². The van der Waals surface area contributed by atoms with Crippen molar-refractivity contribution in [3.63, 3.8) is 0 Å². The first-order chi connectivity index (χ1) is 18.2. The summed E-state index contributed by atoms with van der Waals surface area (Å²) < 4.78 is 40.2. The molecule has 0 spiro atoms. The molecule has 3 aromatic rings. The lowest BCUT2D eigenvalue weighted by molar-refractivity contribution is -0.167. The fourth-order valence-electron chi connectivity index (χ4n) is 3.78. The van der Waals surface area contributed by atoms with E-state index < -0.39 is 37.2 Å². The molecule has 0 aliphatic carbocycles. The number of hydrogen-bond donors (Lipinski definition) is 3. The molecule has 12 nitrogen and oxygen atoms in total. The SMILES string of the molecule is COc1cc(Nc2ncnc(-c3ccc(O[C@H]4CCN(C(=O)C(O)CO)CC4(F)F)c(C#N)c3)n2)ccn1. The van der Waals surface area contributed by atoms with Gasteiger partial charge in [0.15, 0.2) is 18.0 Å². The summed E-state index contributed by atoms with van der Waals surface area (Å²) in [5, 5.41) is 31.0. The Kier molecular flexibility index (Phi) is 7.89. The Morgan fingerprint density at radius 2 is 2.13 bits per heavy atom. The molecular weight excluding hydrogens is 504 g/mol. The zero-order valence-electron chi connectivity index (χ0n) is 20.1. The first kappa shape index (κ1) is 26.6. The Morgan fingerprint density at radius 1 is 1.32 bits per heavy atom. The van der Waals surface area contributed by atoms with Gasteiger partial charge in [0.05, 0.1) is 25.8 Å². The summed E-state index contributed by atoms with van der Waals surface area (Å²) in [7, 11) is 1.49. The summed E-state index contributed by atoms with van der Waals surface area (Å²) in [6, 6.07) is 9.59. The van der Waals surface area contributed by atoms with E-state index in [2.05, 4.69) is 25.3 Å². The molecule has 1 aromatic carbocycles. The van der Waals surface area contributed by atoms with Gasteiger partial charge in [-0.3, -0.25) is 4.79 Å². The van der Waals surface area contributed by atoms with Crippen LogP contribution in [-0.2, 0) is 4.79 Å². The normalized spacial score (nSPS) is 17.3. The maximum atomic E-state index is 14.8. The molecule has 1 saturated heterocycles. The van der Waals surface area contributed by atoms with E-state index in [1.54, 1.807) is 18.3 Å². The minimum Gasteiger partial charge on any atom is -0.483 e. The van der Waals surface area contributed by atoms with Crippen LogP contribution in [0.15, 0.2) is 42.9 Å². The Bertz CT molecular complexity index is 1350. The number of halogens is 2. The molecule has 1 fully saturated rings. The molecule has 0 bridgehead atoms. The van der Waals surface area contributed by atoms with E-state index in [0.29, 0.717) is 17.1 Å². The number of ether oxygens (including phenoxy) is 2. The zero-order valence-corrected chi connectivity index (χ0v) is 20.1. The van der Waals surface area contributed by atoms with Crippen molar-refractivity contribution < 1.29 is 33.3 Å². The number of carbonyl (C=O) groups is 1. The molecule has 4 rings (SSSR count). The quantitative estimate of drug-likeness (QED) is 0.389. The second kappa shape index (κ2) is 11.3. The van der Waals surface area contributed by atoms with Crippen molar-refractivity contribution in [2.24, 2.45) is 0 Å². The number of aliphatic hydroxyl groups excluding tert-OH is 2. The molecule has 1 amide bonds. The van der Waals surface area contributed by atoms with Gasteiger partial charge in [-0.25, -0.2) is 23.7 Å². The highest BCUT2D eigenvalue weighted by atomic mass is 19.3. The van der Waals surface area contributed by atoms with Gasteiger partial charge in [0.1, 0.15) is 18.1 Å². The maximum absolute atomic E-state index is 14.8. The number of nitrogens with one attached hydrogen (secondary N) is 1. The van der Waals surface area contributed by atoms with Crippen molar-refractivity contribution in [2.75, 3.05) is 32.1 Å². The Morgan fingerprint density at radius 3 is 2.84 bits per heavy atom. The van der Waals surface area contributed by atoms with Crippen molar-refractivity contribution >= 4 is 17.5 Å². The lowest BCUT2D eigenvalue weighted by Crippen LogP contribution is -2.57. The summed E-state index contributed by atoms with van der Waals surface area (Å²) in [6.45, 7) is -1.96. The van der Waals surface area contributed by atoms with Crippen LogP contribution in [-0.4, -0.2) is 85.9 Å². The first-order valence-corrected chi connectivity index (χ1v) is 11.4. The van der Waals surface area contributed by atoms with Crippen LogP contribution in [0.2, 0.25) is 0 Å². The third kappa shape index (κ3) is 5.90. The van der Waals surface area contributed by atoms with Crippen LogP contribution in [0, 0.1) is 11.3 Å². The maximum Gasteiger partial charge on any atom is 0.301 e. The molecule has 14 heteroatoms. The van der Waals surface area contributed by atoms with Crippen LogP contribution in [0.3, 0.4) is 0 Å². The molecule has 0 saturated carbocycles. The number of amides is 1. The molecule has 2 aromatic heterocycles. The third-order valence-electron chi connectivity index (χ3n) is 5.70. The number of benzene rings is 1. The standard InChI is InChI=1S/C24H23F2N7O5/c1-37-20-9-16(4-6-28-20)31-23-30-13-29-21(32-23)14-2-3-18(15(8-14)10-27)38-19-5-7-33(12-24(19,25)26)22(36)17(35)11-34/h2-4,6,8-9,13,17,19,34-35H,5,7,11-12H2,1H3,(H,28,29,30,31,32)/t17?,19-/m0/s1. The van der Waals surface area contributed by atoms with Crippen LogP contribution >= 0.6 is 0 Å². The second-order valence-electron chi connectivity index (χ2n) is 8.28. The van der Waals surface area contributed by atoms with Gasteiger partial charge in [0.25, 0.3) is 5.91 Å². The molecule has 2 atom stereocenters. The summed E-state index contributed by atoms with van der Waals surface area (Å²) in [5.41, 5.74) is 1.04. The highest BCUT2D eigenvalue weighted by Gasteiger charge is 2.48. The number of nitriles is 1. The minimum absolute atomic E-state index is 0.0127. The predicted molar refractivity (Wildman–Crippen MR) is 128 cm³/mol. The smallest absolute Gasteiger partial charge is 0.301 e. The molecule has 38 heavy (non-hydrogen) atoms. The third-order valence-corrected chi connectivity index (χ3v) is 5.70. The number of aromatic nitrogens is 4. The van der Waals surface area contributed by atoms with E-state index in [0.717, 1.165) is 4.90 Å². The van der Waals surface area contributed by atoms with Crippen LogP contribution in [0.25, 0.3) is 11.4 Å². The number of carbonyl (C=O) groups excluding carboxylic acids is 1. The lowest BCUT2D eigenvalue weighted by atomic mass is 10.0. The second-order valence-corrected chi connectivity index (χ2v) is 8.28. The molecule has 3 N–H and O–H groups in total. The molecule has 3 heterocycles. The van der Waals surface area contributed by atoms with Gasteiger partial charge in [-0.05, 0) is 24.3 Å². The number of pyridine rings is 1. The number of likely N-dealkylation sites (tertiary alicyclic amines) is 1. The van der Waals surface area contributed by atoms with E-state index in [1.807, 2.05) is 6.07 Å². The average molecular weight is 527 g/mol. The number of aliphatic hydroxyl groups is 2. The van der Waals surface area contributed by atoms with E-state index in [4.69, 9.17) is 14.6 Å². The summed E-state index contributed by atoms with van der Waals surface area (Å²) in [6.07, 6.45) is -0.791. The molecule has 1 unspecified atom stereocenters. The summed E-state index contributed by atoms with van der Waals surface area (Å²) >= 11 is 0. The van der Waals surface area contributed by atoms with Crippen molar-refractivity contribution in [1.29, 1.82) is 5.26 Å². The molecule has 198 valence electrons. The van der Waals surface area contributed by atoms with Crippen molar-refractivity contribution in [2.45, 2.75) is 24.6 Å². The molecule has 1 aliphatic heterocycles.